The predicted octanol–water partition coefficient (Wildman–Crippen LogP) is 4.55. The van der Waals surface area contributed by atoms with Gasteiger partial charge in [-0.25, -0.2) is 0 Å². The first-order valence-electron chi connectivity index (χ1n) is 10.3. The normalized spacial score (nSPS) is 16.4. The van der Waals surface area contributed by atoms with Gasteiger partial charge in [-0.05, 0) is 62.5 Å². The number of benzene rings is 1. The number of piperidine rings is 1. The summed E-state index contributed by atoms with van der Waals surface area (Å²) in [7, 11) is 1.84. The Balaban J connectivity index is 1.38. The number of hydrogen-bond acceptors (Lipinski definition) is 3. The van der Waals surface area contributed by atoms with Crippen LogP contribution < -0.4 is 0 Å². The smallest absolute Gasteiger partial charge is 0.289 e. The fraction of sp³-hybridized carbons (Fsp3) is 0.435. The average molecular weight is 380 g/mol. The Labute approximate surface area is 166 Å². The van der Waals surface area contributed by atoms with Crippen LogP contribution >= 0.6 is 0 Å². The van der Waals surface area contributed by atoms with E-state index < -0.39 is 0 Å². The lowest BCUT2D eigenvalue weighted by molar-refractivity contribution is 0.0751. The number of fused-ring (bicyclic) bond motifs is 1. The Morgan fingerprint density at radius 2 is 1.89 bits per heavy atom. The summed E-state index contributed by atoms with van der Waals surface area (Å²) in [5.41, 5.74) is 1.19. The summed E-state index contributed by atoms with van der Waals surface area (Å²) in [6.45, 7) is 5.77. The van der Waals surface area contributed by atoms with Crippen molar-refractivity contribution in [1.29, 1.82) is 0 Å². The molecule has 1 saturated heterocycles. The van der Waals surface area contributed by atoms with E-state index in [4.69, 9.17) is 4.42 Å². The molecule has 4 rings (SSSR count). The van der Waals surface area contributed by atoms with Crippen LogP contribution in [0.4, 0.5) is 0 Å². The van der Waals surface area contributed by atoms with E-state index >= 15 is 0 Å². The molecule has 1 atom stereocenters. The number of hydrogen-bond donors (Lipinski definition) is 0. The highest BCUT2D eigenvalue weighted by Gasteiger charge is 2.23. The summed E-state index contributed by atoms with van der Waals surface area (Å²) in [6.07, 6.45) is 5.88. The molecular formula is C23H29N3O2. The zero-order valence-corrected chi connectivity index (χ0v) is 16.8. The Kier molecular flexibility index (Phi) is 5.53. The molecule has 1 aromatic carbocycles. The molecule has 3 heterocycles. The maximum Gasteiger partial charge on any atom is 0.289 e. The van der Waals surface area contributed by atoms with Crippen LogP contribution in [0.15, 0.2) is 53.1 Å². The lowest BCUT2D eigenvalue weighted by atomic mass is 10.1. The van der Waals surface area contributed by atoms with Gasteiger partial charge in [-0.15, -0.1) is 0 Å². The van der Waals surface area contributed by atoms with E-state index in [-0.39, 0.29) is 11.9 Å². The number of amides is 1. The van der Waals surface area contributed by atoms with Crippen LogP contribution in [0.1, 0.15) is 48.5 Å². The number of nitrogens with zero attached hydrogens (tertiary/aromatic N) is 3. The quantitative estimate of drug-likeness (QED) is 0.631. The molecule has 0 saturated carbocycles. The summed E-state index contributed by atoms with van der Waals surface area (Å²) in [5.74, 6) is 1.25. The average Bonchev–Trinajstić information content (AvgIpc) is 3.39. The van der Waals surface area contributed by atoms with Crippen LogP contribution in [0, 0.1) is 0 Å². The third-order valence-electron chi connectivity index (χ3n) is 5.89. The molecular weight excluding hydrogens is 350 g/mol. The standard InChI is InChI=1S/C23H29N3O2/c1-18(25-13-6-3-7-14-25)21-10-11-22(28-21)23(27)24(2)16-17-26-15-12-19-8-4-5-9-20(19)26/h4-5,8-12,15,18H,3,6-7,13-14,16-17H2,1-2H3/t18-/m1/s1. The van der Waals surface area contributed by atoms with Crippen LogP contribution in [0.3, 0.4) is 0 Å². The number of rotatable bonds is 6. The van der Waals surface area contributed by atoms with Crippen molar-refractivity contribution in [3.05, 3.63) is 60.2 Å². The number of aromatic nitrogens is 1. The van der Waals surface area contributed by atoms with Gasteiger partial charge in [-0.2, -0.15) is 0 Å². The summed E-state index contributed by atoms with van der Waals surface area (Å²) >= 11 is 0. The van der Waals surface area contributed by atoms with Crippen molar-refractivity contribution in [2.45, 2.75) is 38.8 Å². The summed E-state index contributed by atoms with van der Waals surface area (Å²) in [4.78, 5) is 17.0. The SMILES string of the molecule is C[C@H](c1ccc(C(=O)N(C)CCn2ccc3ccccc32)o1)N1CCCCC1. The van der Waals surface area contributed by atoms with Crippen molar-refractivity contribution in [2.24, 2.45) is 0 Å². The number of carbonyl (C=O) groups is 1. The van der Waals surface area contributed by atoms with Gasteiger partial charge in [0, 0.05) is 31.9 Å². The van der Waals surface area contributed by atoms with Crippen LogP contribution in [-0.4, -0.2) is 47.0 Å². The molecule has 148 valence electrons. The molecule has 3 aromatic rings. The van der Waals surface area contributed by atoms with Gasteiger partial charge in [-0.3, -0.25) is 9.69 Å². The minimum Gasteiger partial charge on any atom is -0.454 e. The van der Waals surface area contributed by atoms with Crippen LogP contribution in [0.5, 0.6) is 0 Å². The Morgan fingerprint density at radius 3 is 2.71 bits per heavy atom. The lowest BCUT2D eigenvalue weighted by Gasteiger charge is -2.31. The van der Waals surface area contributed by atoms with Gasteiger partial charge in [0.1, 0.15) is 5.76 Å². The van der Waals surface area contributed by atoms with E-state index in [2.05, 4.69) is 40.8 Å². The Morgan fingerprint density at radius 1 is 1.11 bits per heavy atom. The van der Waals surface area contributed by atoms with Crippen LogP contribution in [-0.2, 0) is 6.54 Å². The lowest BCUT2D eigenvalue weighted by Crippen LogP contribution is -2.32. The molecule has 0 aliphatic carbocycles. The predicted molar refractivity (Wildman–Crippen MR) is 111 cm³/mol. The van der Waals surface area contributed by atoms with Crippen molar-refractivity contribution >= 4 is 16.8 Å². The van der Waals surface area contributed by atoms with Gasteiger partial charge < -0.3 is 13.9 Å². The summed E-state index contributed by atoms with van der Waals surface area (Å²) in [5, 5.41) is 1.22. The van der Waals surface area contributed by atoms with Gasteiger partial charge >= 0.3 is 0 Å². The Hall–Kier alpha value is -2.53. The number of likely N-dealkylation sites (tertiary alicyclic amines) is 1. The molecule has 0 N–H and O–H groups in total. The highest BCUT2D eigenvalue weighted by Crippen LogP contribution is 2.26. The van der Waals surface area contributed by atoms with Gasteiger partial charge in [0.05, 0.1) is 6.04 Å². The third kappa shape index (κ3) is 3.85. The Bertz CT molecular complexity index is 936. The molecule has 5 heteroatoms. The zero-order chi connectivity index (χ0) is 19.5. The zero-order valence-electron chi connectivity index (χ0n) is 16.8. The van der Waals surface area contributed by atoms with Crippen molar-refractivity contribution in [1.82, 2.24) is 14.4 Å². The van der Waals surface area contributed by atoms with E-state index in [0.717, 1.165) is 25.4 Å². The first-order valence-corrected chi connectivity index (χ1v) is 10.3. The second-order valence-corrected chi connectivity index (χ2v) is 7.77. The fourth-order valence-electron chi connectivity index (χ4n) is 4.06. The molecule has 0 radical (unpaired) electrons. The maximum atomic E-state index is 12.8. The van der Waals surface area contributed by atoms with Crippen LogP contribution in [0.25, 0.3) is 10.9 Å². The highest BCUT2D eigenvalue weighted by atomic mass is 16.4. The molecule has 0 bridgehead atoms. The van der Waals surface area contributed by atoms with E-state index in [1.54, 1.807) is 4.90 Å². The molecule has 0 unspecified atom stereocenters. The van der Waals surface area contributed by atoms with Gasteiger partial charge in [0.25, 0.3) is 5.91 Å². The van der Waals surface area contributed by atoms with E-state index in [0.29, 0.717) is 12.3 Å². The maximum absolute atomic E-state index is 12.8. The van der Waals surface area contributed by atoms with Crippen molar-refractivity contribution in [3.63, 3.8) is 0 Å². The summed E-state index contributed by atoms with van der Waals surface area (Å²) in [6, 6.07) is 14.4. The van der Waals surface area contributed by atoms with Gasteiger partial charge in [0.2, 0.25) is 0 Å². The monoisotopic (exact) mass is 379 g/mol. The largest absolute Gasteiger partial charge is 0.454 e. The minimum absolute atomic E-state index is 0.0615. The number of furan rings is 1. The molecule has 28 heavy (non-hydrogen) atoms. The number of carbonyl (C=O) groups excluding carboxylic acids is 1. The summed E-state index contributed by atoms with van der Waals surface area (Å²) < 4.78 is 8.13. The molecule has 1 aliphatic heterocycles. The third-order valence-corrected chi connectivity index (χ3v) is 5.89. The highest BCUT2D eigenvalue weighted by molar-refractivity contribution is 5.91. The second kappa shape index (κ2) is 8.23. The van der Waals surface area contributed by atoms with E-state index in [1.165, 1.54) is 30.2 Å². The first-order chi connectivity index (χ1) is 13.6. The second-order valence-electron chi connectivity index (χ2n) is 7.77. The van der Waals surface area contributed by atoms with Gasteiger partial charge in [0.15, 0.2) is 5.76 Å². The molecule has 2 aromatic heterocycles. The minimum atomic E-state index is -0.0615. The molecule has 1 aliphatic rings. The van der Waals surface area contributed by atoms with E-state index in [9.17, 15) is 4.79 Å². The van der Waals surface area contributed by atoms with E-state index in [1.807, 2.05) is 31.3 Å². The molecule has 1 amide bonds. The van der Waals surface area contributed by atoms with Crippen LogP contribution in [0.2, 0.25) is 0 Å². The fourth-order valence-corrected chi connectivity index (χ4v) is 4.06. The molecule has 5 nitrogen and oxygen atoms in total. The topological polar surface area (TPSA) is 41.6 Å². The number of para-hydroxylation sites is 1. The molecule has 0 spiro atoms. The van der Waals surface area contributed by atoms with Crippen molar-refractivity contribution in [3.8, 4) is 0 Å². The molecule has 1 fully saturated rings. The number of likely N-dealkylation sites (N-methyl/N-ethyl adjacent to an activating group) is 1. The van der Waals surface area contributed by atoms with Crippen molar-refractivity contribution < 1.29 is 9.21 Å². The van der Waals surface area contributed by atoms with Crippen molar-refractivity contribution in [2.75, 3.05) is 26.7 Å². The first kappa shape index (κ1) is 18.8. The van der Waals surface area contributed by atoms with Gasteiger partial charge in [-0.1, -0.05) is 24.6 Å².